The first kappa shape index (κ1) is 36.8. The number of Topliss-reactive ketones (excluding diaryl/α,β-unsaturated/α-hetero) is 1. The fourth-order valence-electron chi connectivity index (χ4n) is 7.16. The summed E-state index contributed by atoms with van der Waals surface area (Å²) in [5, 5.41) is 3.62. The van der Waals surface area contributed by atoms with Gasteiger partial charge in [-0.25, -0.2) is 9.78 Å². The van der Waals surface area contributed by atoms with Crippen LogP contribution in [-0.2, 0) is 27.3 Å². The Morgan fingerprint density at radius 1 is 0.942 bits per heavy atom. The average Bonchev–Trinajstić information content (AvgIpc) is 3.10. The van der Waals surface area contributed by atoms with Crippen LogP contribution in [0.5, 0.6) is 0 Å². The van der Waals surface area contributed by atoms with Crippen molar-refractivity contribution < 1.29 is 23.9 Å². The first-order valence-electron chi connectivity index (χ1n) is 18.2. The Morgan fingerprint density at radius 2 is 1.71 bits per heavy atom. The molecule has 4 heterocycles. The van der Waals surface area contributed by atoms with E-state index in [9.17, 15) is 14.4 Å². The molecule has 2 fully saturated rings. The van der Waals surface area contributed by atoms with Crippen molar-refractivity contribution in [2.75, 3.05) is 61.4 Å². The number of piperidine rings is 1. The molecule has 11 heteroatoms. The number of ether oxygens (including phenoxy) is 2. The first-order valence-corrected chi connectivity index (χ1v) is 18.2. The Hall–Kier alpha value is -5.03. The van der Waals surface area contributed by atoms with Crippen LogP contribution in [0.4, 0.5) is 21.9 Å². The van der Waals surface area contributed by atoms with Crippen molar-refractivity contribution >= 4 is 45.8 Å². The molecular weight excluding hydrogens is 656 g/mol. The molecule has 0 bridgehead atoms. The summed E-state index contributed by atoms with van der Waals surface area (Å²) < 4.78 is 11.2. The van der Waals surface area contributed by atoms with E-state index in [4.69, 9.17) is 14.5 Å². The van der Waals surface area contributed by atoms with Gasteiger partial charge in [0.05, 0.1) is 17.6 Å². The zero-order valence-corrected chi connectivity index (χ0v) is 30.9. The van der Waals surface area contributed by atoms with Crippen LogP contribution in [0, 0.1) is 11.8 Å². The van der Waals surface area contributed by atoms with E-state index in [-0.39, 0.29) is 42.1 Å². The number of nitrogens with zero attached hydrogens (tertiary/aromatic N) is 5. The molecule has 0 spiro atoms. The van der Waals surface area contributed by atoms with E-state index in [0.29, 0.717) is 24.4 Å². The van der Waals surface area contributed by atoms with Crippen LogP contribution in [0.2, 0.25) is 0 Å². The zero-order chi connectivity index (χ0) is 36.8. The highest BCUT2D eigenvalue weighted by Crippen LogP contribution is 2.32. The molecule has 6 rings (SSSR count). The number of hydrogen-bond acceptors (Lipinski definition) is 10. The standard InChI is InChI=1S/C41H50N6O5/c1-28-19-30(20-38(49)52-41(2,3)4)26-47(25-28)36-13-14-42-24-32(36)22-37(48)39-35(44-40(50)51-27-29-9-7-6-8-10-29)21-31-11-12-33(23-34(31)43-39)46-17-15-45(5)16-18-46/h6-14,21,23-24,28,30H,15-20,22,25-27H2,1-5H3,(H,44,50)/t28-,30-/m1/s1. The van der Waals surface area contributed by atoms with Crippen LogP contribution in [-0.4, -0.2) is 84.6 Å². The molecule has 2 aromatic carbocycles. The lowest BCUT2D eigenvalue weighted by Gasteiger charge is -2.38. The number of rotatable bonds is 10. The van der Waals surface area contributed by atoms with Crippen LogP contribution < -0.4 is 15.1 Å². The number of ketones is 1. The van der Waals surface area contributed by atoms with Gasteiger partial charge in [-0.3, -0.25) is 19.9 Å². The second-order valence-electron chi connectivity index (χ2n) is 15.2. The maximum atomic E-state index is 14.3. The molecule has 1 N–H and O–H groups in total. The van der Waals surface area contributed by atoms with Gasteiger partial charge in [0, 0.05) is 80.4 Å². The van der Waals surface area contributed by atoms with Crippen molar-refractivity contribution in [3.8, 4) is 0 Å². The third kappa shape index (κ3) is 9.64. The quantitative estimate of drug-likeness (QED) is 0.140. The van der Waals surface area contributed by atoms with Gasteiger partial charge in [-0.05, 0) is 75.9 Å². The van der Waals surface area contributed by atoms with E-state index in [0.717, 1.165) is 67.0 Å². The van der Waals surface area contributed by atoms with Crippen molar-refractivity contribution in [2.24, 2.45) is 11.8 Å². The summed E-state index contributed by atoms with van der Waals surface area (Å²) in [6.07, 6.45) is 4.06. The van der Waals surface area contributed by atoms with Crippen molar-refractivity contribution in [1.82, 2.24) is 14.9 Å². The minimum atomic E-state index is -0.673. The number of esters is 1. The summed E-state index contributed by atoms with van der Waals surface area (Å²) in [6, 6.07) is 19.2. The van der Waals surface area contributed by atoms with Gasteiger partial charge in [-0.2, -0.15) is 0 Å². The van der Waals surface area contributed by atoms with Crippen LogP contribution in [0.15, 0.2) is 73.1 Å². The number of anilines is 3. The molecule has 11 nitrogen and oxygen atoms in total. The van der Waals surface area contributed by atoms with Gasteiger partial charge >= 0.3 is 12.1 Å². The molecular formula is C41H50N6O5. The van der Waals surface area contributed by atoms with Gasteiger partial charge in [0.1, 0.15) is 17.9 Å². The van der Waals surface area contributed by atoms with E-state index in [1.165, 1.54) is 0 Å². The number of fused-ring (bicyclic) bond motifs is 1. The average molecular weight is 707 g/mol. The number of carbonyl (C=O) groups excluding carboxylic acids is 3. The van der Waals surface area contributed by atoms with Crippen molar-refractivity contribution in [1.29, 1.82) is 0 Å². The van der Waals surface area contributed by atoms with E-state index in [2.05, 4.69) is 45.0 Å². The molecule has 1 amide bonds. The highest BCUT2D eigenvalue weighted by Gasteiger charge is 2.30. The molecule has 52 heavy (non-hydrogen) atoms. The normalized spacial score (nSPS) is 18.2. The Morgan fingerprint density at radius 3 is 2.46 bits per heavy atom. The van der Waals surface area contributed by atoms with E-state index in [1.807, 2.05) is 69.3 Å². The van der Waals surface area contributed by atoms with Crippen LogP contribution >= 0.6 is 0 Å². The Balaban J connectivity index is 1.26. The lowest BCUT2D eigenvalue weighted by Crippen LogP contribution is -2.44. The summed E-state index contributed by atoms with van der Waals surface area (Å²) in [5.41, 5.74) is 4.13. The maximum absolute atomic E-state index is 14.3. The van der Waals surface area contributed by atoms with Gasteiger partial charge < -0.3 is 24.2 Å². The van der Waals surface area contributed by atoms with Crippen LogP contribution in [0.25, 0.3) is 10.9 Å². The van der Waals surface area contributed by atoms with E-state index in [1.54, 1.807) is 18.5 Å². The van der Waals surface area contributed by atoms with Crippen molar-refractivity contribution in [3.05, 3.63) is 89.9 Å². The number of carbonyl (C=O) groups is 3. The van der Waals surface area contributed by atoms with Crippen LogP contribution in [0.3, 0.4) is 0 Å². The summed E-state index contributed by atoms with van der Waals surface area (Å²) in [5.74, 6) is 0.00367. The molecule has 0 aliphatic carbocycles. The summed E-state index contributed by atoms with van der Waals surface area (Å²) >= 11 is 0. The van der Waals surface area contributed by atoms with Gasteiger partial charge in [0.15, 0.2) is 5.78 Å². The Kier molecular flexibility index (Phi) is 11.4. The third-order valence-electron chi connectivity index (χ3n) is 9.57. The van der Waals surface area contributed by atoms with Crippen molar-refractivity contribution in [2.45, 2.75) is 59.2 Å². The smallest absolute Gasteiger partial charge is 0.412 e. The van der Waals surface area contributed by atoms with Gasteiger partial charge in [0.2, 0.25) is 0 Å². The maximum Gasteiger partial charge on any atom is 0.412 e. The minimum absolute atomic E-state index is 0.0230. The first-order chi connectivity index (χ1) is 24.9. The fourth-order valence-corrected chi connectivity index (χ4v) is 7.16. The van der Waals surface area contributed by atoms with Gasteiger partial charge in [0.25, 0.3) is 0 Å². The monoisotopic (exact) mass is 706 g/mol. The molecule has 0 saturated carbocycles. The predicted octanol–water partition coefficient (Wildman–Crippen LogP) is 6.75. The van der Waals surface area contributed by atoms with Crippen LogP contribution in [0.1, 0.15) is 62.2 Å². The second-order valence-corrected chi connectivity index (χ2v) is 15.2. The third-order valence-corrected chi connectivity index (χ3v) is 9.57. The molecule has 2 aromatic heterocycles. The van der Waals surface area contributed by atoms with Crippen molar-refractivity contribution in [3.63, 3.8) is 0 Å². The fraction of sp³-hybridized carbons (Fsp3) is 0.439. The number of aromatic nitrogens is 2. The van der Waals surface area contributed by atoms with Gasteiger partial charge in [-0.1, -0.05) is 43.3 Å². The number of hydrogen-bond donors (Lipinski definition) is 1. The summed E-state index contributed by atoms with van der Waals surface area (Å²) in [7, 11) is 2.12. The number of pyridine rings is 2. The number of amides is 1. The lowest BCUT2D eigenvalue weighted by atomic mass is 9.87. The minimum Gasteiger partial charge on any atom is -0.460 e. The summed E-state index contributed by atoms with van der Waals surface area (Å²) in [4.78, 5) is 56.3. The Labute approximate surface area is 306 Å². The predicted molar refractivity (Wildman–Crippen MR) is 204 cm³/mol. The number of piperazine rings is 1. The SMILES string of the molecule is C[C@@H]1C[C@H](CC(=O)OC(C)(C)C)CN(c2ccncc2CC(=O)c2nc3cc(N4CCN(C)CC4)ccc3cc2NC(=O)OCc2ccccc2)C1. The molecule has 2 aliphatic rings. The number of benzene rings is 2. The highest BCUT2D eigenvalue weighted by atomic mass is 16.6. The van der Waals surface area contributed by atoms with E-state index >= 15 is 0 Å². The number of likely N-dealkylation sites (N-methyl/N-ethyl adjacent to an activating group) is 1. The molecule has 2 saturated heterocycles. The van der Waals surface area contributed by atoms with E-state index < -0.39 is 11.7 Å². The molecule has 2 atom stereocenters. The molecule has 4 aromatic rings. The second kappa shape index (κ2) is 16.1. The molecule has 0 radical (unpaired) electrons. The molecule has 0 unspecified atom stereocenters. The molecule has 274 valence electrons. The lowest BCUT2D eigenvalue weighted by molar-refractivity contribution is -0.156. The largest absolute Gasteiger partial charge is 0.460 e. The molecule has 2 aliphatic heterocycles. The van der Waals surface area contributed by atoms with Gasteiger partial charge in [-0.15, -0.1) is 0 Å². The number of nitrogens with one attached hydrogen (secondary N) is 1. The Bertz CT molecular complexity index is 1890. The zero-order valence-electron chi connectivity index (χ0n) is 30.9. The highest BCUT2D eigenvalue weighted by molar-refractivity contribution is 6.06. The summed E-state index contributed by atoms with van der Waals surface area (Å²) in [6.45, 7) is 13.1. The topological polar surface area (TPSA) is 117 Å².